The zero-order chi connectivity index (χ0) is 38.1. The van der Waals surface area contributed by atoms with Gasteiger partial charge in [0.25, 0.3) is 0 Å². The van der Waals surface area contributed by atoms with Crippen molar-refractivity contribution in [3.8, 4) is 0 Å². The van der Waals surface area contributed by atoms with Crippen molar-refractivity contribution < 1.29 is 14.3 Å². The lowest BCUT2D eigenvalue weighted by atomic mass is 9.97. The van der Waals surface area contributed by atoms with Gasteiger partial charge >= 0.3 is 0 Å². The highest BCUT2D eigenvalue weighted by molar-refractivity contribution is 5.78. The summed E-state index contributed by atoms with van der Waals surface area (Å²) in [6.45, 7) is 5.52. The van der Waals surface area contributed by atoms with Crippen LogP contribution >= 0.6 is 0 Å². The molecule has 0 radical (unpaired) electrons. The molecule has 0 N–H and O–H groups in total. The van der Waals surface area contributed by atoms with Crippen LogP contribution in [0.5, 0.6) is 0 Å². The van der Waals surface area contributed by atoms with E-state index in [1.807, 2.05) is 0 Å². The van der Waals surface area contributed by atoms with Crippen LogP contribution in [0.2, 0.25) is 0 Å². The van der Waals surface area contributed by atoms with Crippen LogP contribution in [0.25, 0.3) is 0 Å². The first kappa shape index (κ1) is 47.7. The van der Waals surface area contributed by atoms with Crippen LogP contribution < -0.4 is 0 Å². The number of carbonyl (C=O) groups is 1. The fraction of sp³-hybridized carbons (Fsp3) is 0.816. The van der Waals surface area contributed by atoms with Crippen molar-refractivity contribution in [1.29, 1.82) is 0 Å². The number of carbonyl (C=O) groups excluding carboxylic acids is 1. The minimum Gasteiger partial charge on any atom is -0.344 e. The molecule has 2 rings (SSSR count). The molecule has 0 spiro atoms. The number of nitrogens with zero attached hydrogens (tertiary/aromatic N) is 1. The fourth-order valence-corrected chi connectivity index (χ4v) is 8.19. The van der Waals surface area contributed by atoms with E-state index in [2.05, 4.69) is 81.5 Å². The van der Waals surface area contributed by atoms with E-state index in [9.17, 15) is 4.79 Å². The molecule has 306 valence electrons. The Morgan fingerprint density at radius 2 is 0.943 bits per heavy atom. The second-order valence-electron chi connectivity index (χ2n) is 16.9. The Balaban J connectivity index is 1.65. The van der Waals surface area contributed by atoms with Crippen LogP contribution in [0.15, 0.2) is 48.6 Å². The molecule has 1 aliphatic heterocycles. The lowest BCUT2D eigenvalue weighted by Crippen LogP contribution is -2.32. The molecule has 0 amide bonds. The van der Waals surface area contributed by atoms with Crippen molar-refractivity contribution in [1.82, 2.24) is 4.90 Å². The van der Waals surface area contributed by atoms with Crippen molar-refractivity contribution in [3.05, 3.63) is 48.6 Å². The topological polar surface area (TPSA) is 38.8 Å². The predicted molar refractivity (Wildman–Crippen MR) is 231 cm³/mol. The van der Waals surface area contributed by atoms with Crippen molar-refractivity contribution in [2.45, 2.75) is 231 Å². The SMILES string of the molecule is CCCCCC=CCC=CCCCCCCCCC1(CCCCCCCCC=CCC=CCCCCC)OC2CC(CC(=O)CCCN(C)C)CC2O1. The van der Waals surface area contributed by atoms with Crippen LogP contribution in [-0.2, 0) is 14.3 Å². The zero-order valence-corrected chi connectivity index (χ0v) is 35.7. The van der Waals surface area contributed by atoms with Gasteiger partial charge in [0.05, 0.1) is 12.2 Å². The molecule has 0 aromatic heterocycles. The van der Waals surface area contributed by atoms with E-state index in [0.717, 1.165) is 51.5 Å². The molecule has 0 bridgehead atoms. The first-order chi connectivity index (χ1) is 26.0. The van der Waals surface area contributed by atoms with E-state index >= 15 is 0 Å². The van der Waals surface area contributed by atoms with Gasteiger partial charge in [-0.05, 0) is 123 Å². The van der Waals surface area contributed by atoms with Gasteiger partial charge in [-0.3, -0.25) is 4.79 Å². The van der Waals surface area contributed by atoms with Gasteiger partial charge in [-0.25, -0.2) is 0 Å². The highest BCUT2D eigenvalue weighted by Crippen LogP contribution is 2.46. The summed E-state index contributed by atoms with van der Waals surface area (Å²) in [6, 6.07) is 0. The molecule has 1 aliphatic carbocycles. The summed E-state index contributed by atoms with van der Waals surface area (Å²) in [4.78, 5) is 14.8. The molecule has 2 aliphatic rings. The molecule has 2 unspecified atom stereocenters. The fourth-order valence-electron chi connectivity index (χ4n) is 8.19. The maximum Gasteiger partial charge on any atom is 0.169 e. The number of allylic oxidation sites excluding steroid dienone is 8. The van der Waals surface area contributed by atoms with Crippen molar-refractivity contribution >= 4 is 5.78 Å². The van der Waals surface area contributed by atoms with Gasteiger partial charge in [0.15, 0.2) is 5.79 Å². The number of rotatable bonds is 36. The molecule has 4 heteroatoms. The van der Waals surface area contributed by atoms with Crippen molar-refractivity contribution in [3.63, 3.8) is 0 Å². The van der Waals surface area contributed by atoms with Crippen LogP contribution in [0.3, 0.4) is 0 Å². The highest BCUT2D eigenvalue weighted by Gasteiger charge is 2.51. The second kappa shape index (κ2) is 32.7. The lowest BCUT2D eigenvalue weighted by molar-refractivity contribution is -0.193. The van der Waals surface area contributed by atoms with Crippen molar-refractivity contribution in [2.75, 3.05) is 20.6 Å². The molecular weight excluding hydrogens is 651 g/mol. The Bertz CT molecular complexity index is 916. The van der Waals surface area contributed by atoms with Crippen LogP contribution in [0.1, 0.15) is 213 Å². The van der Waals surface area contributed by atoms with Gasteiger partial charge in [0, 0.05) is 25.7 Å². The summed E-state index contributed by atoms with van der Waals surface area (Å²) < 4.78 is 13.8. The molecule has 53 heavy (non-hydrogen) atoms. The number of unbranched alkanes of at least 4 members (excludes halogenated alkanes) is 18. The number of ether oxygens (including phenoxy) is 2. The second-order valence-corrected chi connectivity index (χ2v) is 16.9. The minimum atomic E-state index is -0.388. The number of Topliss-reactive ketones (excluding diaryl/α,β-unsaturated/α-hetero) is 1. The third-order valence-corrected chi connectivity index (χ3v) is 11.4. The Morgan fingerprint density at radius 1 is 0.547 bits per heavy atom. The summed E-state index contributed by atoms with van der Waals surface area (Å²) >= 11 is 0. The third kappa shape index (κ3) is 25.3. The highest BCUT2D eigenvalue weighted by atomic mass is 16.8. The van der Waals surface area contributed by atoms with Crippen LogP contribution in [0, 0.1) is 5.92 Å². The van der Waals surface area contributed by atoms with Crippen molar-refractivity contribution in [2.24, 2.45) is 5.92 Å². The Morgan fingerprint density at radius 3 is 1.36 bits per heavy atom. The average Bonchev–Trinajstić information content (AvgIpc) is 3.66. The summed E-state index contributed by atoms with van der Waals surface area (Å²) in [5.74, 6) is 0.463. The molecule has 2 atom stereocenters. The first-order valence-corrected chi connectivity index (χ1v) is 23.1. The van der Waals surface area contributed by atoms with Crippen LogP contribution in [0.4, 0.5) is 0 Å². The van der Waals surface area contributed by atoms with E-state index in [1.165, 1.54) is 141 Å². The van der Waals surface area contributed by atoms with Gasteiger partial charge in [0.1, 0.15) is 5.78 Å². The maximum absolute atomic E-state index is 12.7. The first-order valence-electron chi connectivity index (χ1n) is 23.1. The van der Waals surface area contributed by atoms with Gasteiger partial charge in [-0.2, -0.15) is 0 Å². The molecule has 4 nitrogen and oxygen atoms in total. The summed E-state index contributed by atoms with van der Waals surface area (Å²) in [5.41, 5.74) is 0. The largest absolute Gasteiger partial charge is 0.344 e. The summed E-state index contributed by atoms with van der Waals surface area (Å²) in [6.07, 6.45) is 56.2. The summed E-state index contributed by atoms with van der Waals surface area (Å²) in [5, 5.41) is 0. The smallest absolute Gasteiger partial charge is 0.169 e. The number of fused-ring (bicyclic) bond motifs is 1. The standard InChI is InChI=1S/C49H87NO3/c1-5-7-9-11-13-15-17-19-21-23-25-27-29-31-33-35-39-49(40-36-34-32-30-28-26-24-22-20-18-16-14-12-10-8-6-2)52-47-43-45(44-48(47)53-49)42-46(51)38-37-41-50(3)4/h13-16,19-22,45,47-48H,5-12,17-18,23-44H2,1-4H3. The Hall–Kier alpha value is -1.49. The van der Waals surface area contributed by atoms with Gasteiger partial charge < -0.3 is 14.4 Å². The quantitative estimate of drug-likeness (QED) is 0.0474. The van der Waals surface area contributed by atoms with E-state index in [0.29, 0.717) is 24.5 Å². The zero-order valence-electron chi connectivity index (χ0n) is 35.7. The Labute approximate surface area is 330 Å². The van der Waals surface area contributed by atoms with E-state index in [-0.39, 0.29) is 18.0 Å². The van der Waals surface area contributed by atoms with E-state index in [1.54, 1.807) is 0 Å². The monoisotopic (exact) mass is 738 g/mol. The number of ketones is 1. The Kier molecular flexibility index (Phi) is 29.4. The predicted octanol–water partition coefficient (Wildman–Crippen LogP) is 14.6. The summed E-state index contributed by atoms with van der Waals surface area (Å²) in [7, 11) is 4.16. The molecular formula is C49H87NO3. The molecule has 0 aromatic carbocycles. The van der Waals surface area contributed by atoms with E-state index in [4.69, 9.17) is 9.47 Å². The molecule has 2 fully saturated rings. The minimum absolute atomic E-state index is 0.184. The third-order valence-electron chi connectivity index (χ3n) is 11.4. The van der Waals surface area contributed by atoms with E-state index < -0.39 is 0 Å². The lowest BCUT2D eigenvalue weighted by Gasteiger charge is -2.30. The maximum atomic E-state index is 12.7. The van der Waals surface area contributed by atoms with Gasteiger partial charge in [0.2, 0.25) is 0 Å². The van der Waals surface area contributed by atoms with Gasteiger partial charge in [-0.1, -0.05) is 140 Å². The number of hydrogen-bond acceptors (Lipinski definition) is 4. The normalized spacial score (nSPS) is 21.9. The van der Waals surface area contributed by atoms with Crippen LogP contribution in [-0.4, -0.2) is 49.3 Å². The van der Waals surface area contributed by atoms with Gasteiger partial charge in [-0.15, -0.1) is 0 Å². The average molecular weight is 738 g/mol. The number of hydrogen-bond donors (Lipinski definition) is 0. The molecule has 1 saturated carbocycles. The molecule has 1 saturated heterocycles. The molecule has 1 heterocycles. The molecule has 0 aromatic rings.